The zero-order valence-electron chi connectivity index (χ0n) is 53.0. The molecule has 2 amide bonds. The predicted octanol–water partition coefficient (Wildman–Crippen LogP) is 13.7. The molecule has 0 unspecified atom stereocenters. The lowest BCUT2D eigenvalue weighted by molar-refractivity contribution is 0.0454. The van der Waals surface area contributed by atoms with E-state index in [0.29, 0.717) is 63.7 Å². The number of rotatable bonds is 24. The Balaban J connectivity index is 0.000000213. The van der Waals surface area contributed by atoms with Crippen molar-refractivity contribution in [2.75, 3.05) is 60.7 Å². The van der Waals surface area contributed by atoms with Gasteiger partial charge in [0.05, 0.1) is 48.3 Å². The number of unbranched alkanes of at least 4 members (excludes halogenated alkanes) is 2. The monoisotopic (exact) mass is 1310 g/mol. The maximum Gasteiger partial charge on any atom is 0.264 e. The lowest BCUT2D eigenvalue weighted by Gasteiger charge is -2.45. The van der Waals surface area contributed by atoms with Crippen LogP contribution in [0.15, 0.2) is 122 Å². The maximum atomic E-state index is 13.3. The molecule has 10 atom stereocenters. The van der Waals surface area contributed by atoms with Crippen LogP contribution in [-0.4, -0.2) is 102 Å². The molecule has 0 radical (unpaired) electrons. The molecule has 0 bridgehead atoms. The first-order valence-corrected chi connectivity index (χ1v) is 36.8. The number of carbonyl (C=O) groups is 2. The second-order valence-electron chi connectivity index (χ2n) is 26.7. The van der Waals surface area contributed by atoms with Crippen molar-refractivity contribution in [3.63, 3.8) is 0 Å². The average Bonchev–Trinajstić information content (AvgIpc) is 1.47. The number of benzene rings is 4. The Bertz CT molecular complexity index is 3280. The molecule has 6 aliphatic rings. The summed E-state index contributed by atoms with van der Waals surface area (Å²) in [4.78, 5) is 31.2. The second kappa shape index (κ2) is 30.4. The van der Waals surface area contributed by atoms with E-state index < -0.39 is 44.1 Å². The van der Waals surface area contributed by atoms with Crippen molar-refractivity contribution < 1.29 is 46.1 Å². The SMILES string of the molecule is C=CC[C@@H](C)CS(=O)(=O)NC(=O)c1ccc2c(c1)N(C[C@@H]1CC[C@H]1[C@H](O)/C=C/CCC)C[C@@]1(CCCc3cc(Cl)ccc31)CO2.C=CC[C@H](C)CS(=O)(=O)NC(=O)c1ccc2c(c1)N(C[C@@H]1CC[C@H]1[C@H](O)/C=C/CCC)C[C@@]1(CCCc3cc(Cl)ccc31)CO2. The Morgan fingerprint density at radius 1 is 0.633 bits per heavy atom. The normalized spacial score (nSPS) is 24.1. The van der Waals surface area contributed by atoms with Gasteiger partial charge >= 0.3 is 0 Å². The van der Waals surface area contributed by atoms with Gasteiger partial charge in [0, 0.05) is 58.2 Å². The summed E-state index contributed by atoms with van der Waals surface area (Å²) in [7, 11) is -7.66. The van der Waals surface area contributed by atoms with E-state index >= 15 is 0 Å². The Morgan fingerprint density at radius 2 is 1.04 bits per heavy atom. The molecule has 14 nitrogen and oxygen atoms in total. The number of amides is 2. The molecule has 2 spiro atoms. The van der Waals surface area contributed by atoms with Gasteiger partial charge in [-0.3, -0.25) is 9.59 Å². The molecule has 18 heteroatoms. The summed E-state index contributed by atoms with van der Waals surface area (Å²) >= 11 is 12.8. The molecule has 0 aromatic heterocycles. The van der Waals surface area contributed by atoms with Crippen LogP contribution in [0.2, 0.25) is 10.0 Å². The zero-order valence-corrected chi connectivity index (χ0v) is 56.2. The molecule has 4 aliphatic carbocycles. The Morgan fingerprint density at radius 3 is 1.41 bits per heavy atom. The predicted molar refractivity (Wildman–Crippen MR) is 363 cm³/mol. The molecule has 4 N–H and O–H groups in total. The summed E-state index contributed by atoms with van der Waals surface area (Å²) in [5, 5.41) is 23.5. The van der Waals surface area contributed by atoms with Gasteiger partial charge in [-0.2, -0.15) is 0 Å². The molecule has 2 saturated carbocycles. The number of nitrogens with one attached hydrogen (secondary N) is 2. The van der Waals surface area contributed by atoms with E-state index in [0.717, 1.165) is 111 Å². The number of hydrogen-bond donors (Lipinski definition) is 4. The topological polar surface area (TPSA) is 192 Å². The van der Waals surface area contributed by atoms with Gasteiger partial charge in [-0.15, -0.1) is 13.2 Å². The molecule has 2 heterocycles. The molecule has 488 valence electrons. The highest BCUT2D eigenvalue weighted by Gasteiger charge is 2.46. The summed E-state index contributed by atoms with van der Waals surface area (Å²) in [5.74, 6) is 0.268. The van der Waals surface area contributed by atoms with E-state index in [4.69, 9.17) is 32.7 Å². The number of carbonyl (C=O) groups excluding carboxylic acids is 2. The van der Waals surface area contributed by atoms with Gasteiger partial charge in [0.1, 0.15) is 11.5 Å². The van der Waals surface area contributed by atoms with E-state index in [1.807, 2.05) is 38.1 Å². The van der Waals surface area contributed by atoms with Crippen molar-refractivity contribution in [3.05, 3.63) is 166 Å². The number of fused-ring (bicyclic) bond motifs is 6. The molecule has 4 aromatic rings. The number of aliphatic hydroxyl groups excluding tert-OH is 2. The summed E-state index contributed by atoms with van der Waals surface area (Å²) in [6.07, 6.45) is 25.3. The molecule has 4 aromatic carbocycles. The van der Waals surface area contributed by atoms with E-state index in [1.54, 1.807) is 48.6 Å². The number of hydrogen-bond acceptors (Lipinski definition) is 12. The van der Waals surface area contributed by atoms with Gasteiger partial charge in [0.25, 0.3) is 11.8 Å². The number of ether oxygens (including phenoxy) is 2. The standard InChI is InChI=1S/2C36H47ClN2O5S/c2*1-4-6-7-11-33(40)30-15-12-28(30)21-39-23-36(18-8-10-26-19-29(37)14-16-31(26)36)24-44-34-17-13-27(20-32(34)39)35(41)38-45(42,43)22-25(3)9-5-2/h2*5,7,11,13-14,16-17,19-20,25,28,30,33,40H,2,4,6,8-10,12,15,18,21-24H2,1,3H3,(H,38,41)/b2*11-7+/t25-,28+,30-,33-,36+;25-,28-,30+,33+,36-/m10/s1. The van der Waals surface area contributed by atoms with Crippen molar-refractivity contribution in [1.29, 1.82) is 0 Å². The summed E-state index contributed by atoms with van der Waals surface area (Å²) in [5.41, 5.74) is 6.53. The van der Waals surface area contributed by atoms with Crippen molar-refractivity contribution >= 4 is 66.4 Å². The van der Waals surface area contributed by atoms with Gasteiger partial charge in [-0.25, -0.2) is 26.3 Å². The molecule has 10 rings (SSSR count). The minimum Gasteiger partial charge on any atom is -0.490 e. The Labute approximate surface area is 545 Å². The Kier molecular flexibility index (Phi) is 23.2. The fraction of sp³-hybridized carbons (Fsp3) is 0.528. The smallest absolute Gasteiger partial charge is 0.264 e. The number of allylic oxidation sites excluding steroid dienone is 4. The van der Waals surface area contributed by atoms with Crippen LogP contribution >= 0.6 is 23.2 Å². The minimum absolute atomic E-state index is 0.157. The van der Waals surface area contributed by atoms with Gasteiger partial charge in [-0.1, -0.05) is 112 Å². The molecule has 90 heavy (non-hydrogen) atoms. The van der Waals surface area contributed by atoms with Gasteiger partial charge in [0.2, 0.25) is 20.0 Å². The first-order valence-electron chi connectivity index (χ1n) is 32.7. The maximum absolute atomic E-state index is 13.3. The Hall–Kier alpha value is -5.62. The zero-order chi connectivity index (χ0) is 64.4. The number of aryl methyl sites for hydroxylation is 2. The second-order valence-corrected chi connectivity index (χ2v) is 31.1. The summed E-state index contributed by atoms with van der Waals surface area (Å²) in [6, 6.07) is 22.7. The number of halogens is 2. The van der Waals surface area contributed by atoms with Gasteiger partial charge in [0.15, 0.2) is 0 Å². The third-order valence-corrected chi connectivity index (χ3v) is 23.0. The number of nitrogens with zero attached hydrogens (tertiary/aromatic N) is 2. The third-order valence-electron chi connectivity index (χ3n) is 19.6. The summed E-state index contributed by atoms with van der Waals surface area (Å²) in [6.45, 7) is 19.0. The largest absolute Gasteiger partial charge is 0.490 e. The van der Waals surface area contributed by atoms with Crippen LogP contribution in [-0.2, 0) is 43.7 Å². The first kappa shape index (κ1) is 68.7. The van der Waals surface area contributed by atoms with Gasteiger partial charge < -0.3 is 29.5 Å². The van der Waals surface area contributed by atoms with Gasteiger partial charge in [-0.05, 0) is 208 Å². The van der Waals surface area contributed by atoms with E-state index in [-0.39, 0.29) is 69.0 Å². The van der Waals surface area contributed by atoms with Crippen molar-refractivity contribution in [2.24, 2.45) is 35.5 Å². The number of anilines is 2. The van der Waals surface area contributed by atoms with Crippen molar-refractivity contribution in [3.8, 4) is 11.5 Å². The van der Waals surface area contributed by atoms with Crippen LogP contribution in [0.3, 0.4) is 0 Å². The fourth-order valence-electron chi connectivity index (χ4n) is 14.6. The van der Waals surface area contributed by atoms with Crippen LogP contribution < -0.4 is 28.7 Å². The molecule has 0 saturated heterocycles. The van der Waals surface area contributed by atoms with E-state index in [1.165, 1.54) is 22.3 Å². The van der Waals surface area contributed by atoms with Crippen LogP contribution in [0, 0.1) is 35.5 Å². The number of aliphatic hydroxyl groups is 2. The summed E-state index contributed by atoms with van der Waals surface area (Å²) < 4.78 is 68.8. The molecule has 2 aliphatic heterocycles. The van der Waals surface area contributed by atoms with E-state index in [9.17, 15) is 36.6 Å². The van der Waals surface area contributed by atoms with Crippen LogP contribution in [0.4, 0.5) is 11.4 Å². The quantitative estimate of drug-likeness (QED) is 0.0486. The van der Waals surface area contributed by atoms with Crippen molar-refractivity contribution in [2.45, 2.75) is 153 Å². The first-order chi connectivity index (χ1) is 43.1. The van der Waals surface area contributed by atoms with Crippen LogP contribution in [0.25, 0.3) is 0 Å². The van der Waals surface area contributed by atoms with Crippen LogP contribution in [0.1, 0.15) is 161 Å². The number of sulfonamides is 2. The average molecular weight is 1310 g/mol. The molecule has 2 fully saturated rings. The molecular weight excluding hydrogens is 1220 g/mol. The highest BCUT2D eigenvalue weighted by molar-refractivity contribution is 7.90. The van der Waals surface area contributed by atoms with Crippen LogP contribution in [0.5, 0.6) is 11.5 Å². The fourth-order valence-corrected chi connectivity index (χ4v) is 17.8. The van der Waals surface area contributed by atoms with E-state index in [2.05, 4.69) is 82.7 Å². The highest BCUT2D eigenvalue weighted by Crippen LogP contribution is 2.49. The molecular formula is C72H94Cl2N4O10S2. The third kappa shape index (κ3) is 16.8. The van der Waals surface area contributed by atoms with Crippen molar-refractivity contribution in [1.82, 2.24) is 9.44 Å². The highest BCUT2D eigenvalue weighted by atomic mass is 35.5. The minimum atomic E-state index is -3.83. The lowest BCUT2D eigenvalue weighted by atomic mass is 9.68. The lowest BCUT2D eigenvalue weighted by Crippen LogP contribution is -2.49.